The maximum absolute atomic E-state index is 12.3. The minimum absolute atomic E-state index is 0.0237. The van der Waals surface area contributed by atoms with Crippen molar-refractivity contribution in [1.82, 2.24) is 0 Å². The number of ether oxygens (including phenoxy) is 3. The first kappa shape index (κ1) is 20.3. The van der Waals surface area contributed by atoms with Crippen LogP contribution in [0.5, 0.6) is 17.2 Å². The highest BCUT2D eigenvalue weighted by Crippen LogP contribution is 2.46. The van der Waals surface area contributed by atoms with E-state index in [0.29, 0.717) is 42.2 Å². The summed E-state index contributed by atoms with van der Waals surface area (Å²) >= 11 is 0. The Balaban J connectivity index is 1.22. The molecule has 4 rings (SSSR count). The summed E-state index contributed by atoms with van der Waals surface area (Å²) < 4.78 is 17.8. The highest BCUT2D eigenvalue weighted by atomic mass is 16.7. The molecule has 1 heterocycles. The Bertz CT molecular complexity index is 916. The highest BCUT2D eigenvalue weighted by Gasteiger charge is 2.42. The van der Waals surface area contributed by atoms with Crippen LogP contribution in [0.4, 0.5) is 5.69 Å². The lowest BCUT2D eigenvalue weighted by molar-refractivity contribution is -0.116. The number of nitrogens with one attached hydrogen (secondary N) is 1. The molecule has 2 aromatic carbocycles. The summed E-state index contributed by atoms with van der Waals surface area (Å²) in [5, 5.41) is 2.91. The summed E-state index contributed by atoms with van der Waals surface area (Å²) in [6, 6.07) is 12.6. The number of carbonyl (C=O) groups is 2. The minimum Gasteiger partial charge on any atom is -0.494 e. The van der Waals surface area contributed by atoms with Crippen molar-refractivity contribution in [3.63, 3.8) is 0 Å². The number of hydrogen-bond donors (Lipinski definition) is 1. The normalized spacial score (nSPS) is 16.3. The molecule has 0 unspecified atom stereocenters. The second-order valence-corrected chi connectivity index (χ2v) is 7.92. The SMILES string of the molecule is CC(=O)c1ccc(OCCCC(=O)Nc2ccc3c(c2)OC2(CCCCC2)O3)cc1. The van der Waals surface area contributed by atoms with Gasteiger partial charge in [0, 0.05) is 36.6 Å². The van der Waals surface area contributed by atoms with Crippen LogP contribution in [0.2, 0.25) is 0 Å². The zero-order chi connectivity index (χ0) is 21.0. The molecule has 1 amide bonds. The number of rotatable bonds is 7. The van der Waals surface area contributed by atoms with E-state index in [2.05, 4.69) is 5.32 Å². The van der Waals surface area contributed by atoms with Crippen LogP contribution in [0, 0.1) is 0 Å². The molecule has 1 fully saturated rings. The average molecular weight is 409 g/mol. The Morgan fingerprint density at radius 3 is 2.47 bits per heavy atom. The van der Waals surface area contributed by atoms with Gasteiger partial charge in [-0.05, 0) is 62.6 Å². The molecule has 2 aliphatic rings. The summed E-state index contributed by atoms with van der Waals surface area (Å²) in [4.78, 5) is 23.5. The van der Waals surface area contributed by atoms with Crippen molar-refractivity contribution in [3.05, 3.63) is 48.0 Å². The number of anilines is 1. The Morgan fingerprint density at radius 1 is 1.00 bits per heavy atom. The van der Waals surface area contributed by atoms with E-state index in [0.717, 1.165) is 31.4 Å². The van der Waals surface area contributed by atoms with Crippen molar-refractivity contribution in [2.24, 2.45) is 0 Å². The highest BCUT2D eigenvalue weighted by molar-refractivity contribution is 5.94. The van der Waals surface area contributed by atoms with Gasteiger partial charge in [-0.1, -0.05) is 6.42 Å². The molecule has 6 heteroatoms. The van der Waals surface area contributed by atoms with Gasteiger partial charge in [0.2, 0.25) is 5.91 Å². The summed E-state index contributed by atoms with van der Waals surface area (Å²) in [6.07, 6.45) is 6.19. The third-order valence-corrected chi connectivity index (χ3v) is 5.51. The average Bonchev–Trinajstić information content (AvgIpc) is 3.08. The topological polar surface area (TPSA) is 73.9 Å². The Morgan fingerprint density at radius 2 is 1.73 bits per heavy atom. The lowest BCUT2D eigenvalue weighted by Crippen LogP contribution is -2.40. The van der Waals surface area contributed by atoms with Gasteiger partial charge in [0.15, 0.2) is 17.3 Å². The maximum atomic E-state index is 12.3. The fourth-order valence-electron chi connectivity index (χ4n) is 3.90. The van der Waals surface area contributed by atoms with Crippen molar-refractivity contribution in [3.8, 4) is 17.2 Å². The van der Waals surface area contributed by atoms with Crippen LogP contribution in [0.3, 0.4) is 0 Å². The van der Waals surface area contributed by atoms with Crippen LogP contribution in [-0.4, -0.2) is 24.1 Å². The third kappa shape index (κ3) is 4.75. The first-order valence-corrected chi connectivity index (χ1v) is 10.6. The van der Waals surface area contributed by atoms with Crippen LogP contribution in [-0.2, 0) is 4.79 Å². The zero-order valence-electron chi connectivity index (χ0n) is 17.2. The van der Waals surface area contributed by atoms with E-state index in [9.17, 15) is 9.59 Å². The van der Waals surface area contributed by atoms with Crippen LogP contribution in [0.1, 0.15) is 62.2 Å². The number of carbonyl (C=O) groups excluding carboxylic acids is 2. The number of benzene rings is 2. The smallest absolute Gasteiger partial charge is 0.251 e. The van der Waals surface area contributed by atoms with E-state index in [1.54, 1.807) is 24.3 Å². The summed E-state index contributed by atoms with van der Waals surface area (Å²) in [7, 11) is 0. The van der Waals surface area contributed by atoms with Gasteiger partial charge in [-0.15, -0.1) is 0 Å². The molecule has 1 aliphatic heterocycles. The number of amides is 1. The third-order valence-electron chi connectivity index (χ3n) is 5.51. The van der Waals surface area contributed by atoms with Crippen molar-refractivity contribution in [2.45, 2.75) is 57.7 Å². The van der Waals surface area contributed by atoms with E-state index in [-0.39, 0.29) is 11.7 Å². The van der Waals surface area contributed by atoms with E-state index in [1.807, 2.05) is 18.2 Å². The Labute approximate surface area is 176 Å². The number of hydrogen-bond acceptors (Lipinski definition) is 5. The molecule has 0 radical (unpaired) electrons. The second-order valence-electron chi connectivity index (χ2n) is 7.92. The van der Waals surface area contributed by atoms with Crippen molar-refractivity contribution >= 4 is 17.4 Å². The molecule has 1 N–H and O–H groups in total. The van der Waals surface area contributed by atoms with Gasteiger partial charge in [-0.3, -0.25) is 9.59 Å². The predicted octanol–water partition coefficient (Wildman–Crippen LogP) is 5.12. The molecule has 1 saturated carbocycles. The van der Waals surface area contributed by atoms with Gasteiger partial charge >= 0.3 is 0 Å². The lowest BCUT2D eigenvalue weighted by Gasteiger charge is -2.31. The number of ketones is 1. The predicted molar refractivity (Wildman–Crippen MR) is 113 cm³/mol. The number of Topliss-reactive ketones (excluding diaryl/α,β-unsaturated/α-hetero) is 1. The molecule has 6 nitrogen and oxygen atoms in total. The lowest BCUT2D eigenvalue weighted by atomic mass is 9.94. The standard InChI is InChI=1S/C24H27NO5/c1-17(26)18-7-10-20(11-8-18)28-15-5-6-23(27)25-19-9-12-21-22(16-19)30-24(29-21)13-3-2-4-14-24/h7-12,16H,2-6,13-15H2,1H3,(H,25,27). The van der Waals surface area contributed by atoms with Gasteiger partial charge < -0.3 is 19.5 Å². The molecule has 0 aromatic heterocycles. The monoisotopic (exact) mass is 409 g/mol. The molecule has 158 valence electrons. The van der Waals surface area contributed by atoms with Crippen LogP contribution < -0.4 is 19.5 Å². The quantitative estimate of drug-likeness (QED) is 0.508. The van der Waals surface area contributed by atoms with E-state index >= 15 is 0 Å². The fourth-order valence-corrected chi connectivity index (χ4v) is 3.90. The molecular weight excluding hydrogens is 382 g/mol. The van der Waals surface area contributed by atoms with E-state index in [1.165, 1.54) is 13.3 Å². The molecular formula is C24H27NO5. The fraction of sp³-hybridized carbons (Fsp3) is 0.417. The molecule has 2 aromatic rings. The molecule has 30 heavy (non-hydrogen) atoms. The Hall–Kier alpha value is -3.02. The van der Waals surface area contributed by atoms with Gasteiger partial charge in [0.25, 0.3) is 5.79 Å². The van der Waals surface area contributed by atoms with Crippen molar-refractivity contribution in [2.75, 3.05) is 11.9 Å². The van der Waals surface area contributed by atoms with Crippen LogP contribution in [0.15, 0.2) is 42.5 Å². The van der Waals surface area contributed by atoms with Crippen molar-refractivity contribution < 1.29 is 23.8 Å². The summed E-state index contributed by atoms with van der Waals surface area (Å²) in [5.41, 5.74) is 1.36. The molecule has 0 saturated heterocycles. The molecule has 1 spiro atoms. The molecule has 1 aliphatic carbocycles. The van der Waals surface area contributed by atoms with Crippen molar-refractivity contribution in [1.29, 1.82) is 0 Å². The summed E-state index contributed by atoms with van der Waals surface area (Å²) in [5.74, 6) is 1.58. The summed E-state index contributed by atoms with van der Waals surface area (Å²) in [6.45, 7) is 1.96. The molecule has 0 bridgehead atoms. The molecule has 0 atom stereocenters. The first-order chi connectivity index (χ1) is 14.5. The van der Waals surface area contributed by atoms with Gasteiger partial charge in [0.05, 0.1) is 6.61 Å². The zero-order valence-corrected chi connectivity index (χ0v) is 17.2. The van der Waals surface area contributed by atoms with Crippen LogP contribution in [0.25, 0.3) is 0 Å². The van der Waals surface area contributed by atoms with E-state index in [4.69, 9.17) is 14.2 Å². The van der Waals surface area contributed by atoms with Gasteiger partial charge in [-0.2, -0.15) is 0 Å². The van der Waals surface area contributed by atoms with Gasteiger partial charge in [-0.25, -0.2) is 0 Å². The van der Waals surface area contributed by atoms with Gasteiger partial charge in [0.1, 0.15) is 5.75 Å². The maximum Gasteiger partial charge on any atom is 0.251 e. The largest absolute Gasteiger partial charge is 0.494 e. The Kier molecular flexibility index (Phi) is 5.93. The number of fused-ring (bicyclic) bond motifs is 1. The second kappa shape index (κ2) is 8.78. The van der Waals surface area contributed by atoms with Crippen LogP contribution >= 0.6 is 0 Å². The minimum atomic E-state index is -0.511. The first-order valence-electron chi connectivity index (χ1n) is 10.6. The van der Waals surface area contributed by atoms with E-state index < -0.39 is 5.79 Å².